The van der Waals surface area contributed by atoms with Crippen LogP contribution in [0, 0.1) is 15.9 Å². The Kier molecular flexibility index (Phi) is 6.19. The van der Waals surface area contributed by atoms with Gasteiger partial charge in [0.25, 0.3) is 0 Å². The fraction of sp³-hybridized carbons (Fsp3) is 0.136. The third-order valence-corrected chi connectivity index (χ3v) is 4.46. The largest absolute Gasteiger partial charge is 0.444 e. The van der Waals surface area contributed by atoms with Gasteiger partial charge in [0.05, 0.1) is 16.2 Å². The zero-order valence-electron chi connectivity index (χ0n) is 15.7. The molecule has 3 aromatic rings. The Balaban J connectivity index is 1.91. The Hall–Kier alpha value is -3.74. The second-order valence-electron chi connectivity index (χ2n) is 6.41. The van der Waals surface area contributed by atoms with Crippen molar-refractivity contribution < 1.29 is 18.8 Å². The molecule has 3 rings (SSSR count). The van der Waals surface area contributed by atoms with Crippen molar-refractivity contribution in [2.24, 2.45) is 0 Å². The lowest BCUT2D eigenvalue weighted by Gasteiger charge is -2.20. The van der Waals surface area contributed by atoms with Crippen molar-refractivity contribution in [1.82, 2.24) is 0 Å². The van der Waals surface area contributed by atoms with Gasteiger partial charge < -0.3 is 4.74 Å². The van der Waals surface area contributed by atoms with Crippen LogP contribution in [-0.2, 0) is 17.8 Å². The summed E-state index contributed by atoms with van der Waals surface area (Å²) in [5.41, 5.74) is 1.26. The topological polar surface area (TPSA) is 72.7 Å². The maximum atomic E-state index is 14.2. The summed E-state index contributed by atoms with van der Waals surface area (Å²) in [7, 11) is 1.44. The van der Waals surface area contributed by atoms with Crippen LogP contribution in [-0.4, -0.2) is 18.1 Å². The van der Waals surface area contributed by atoms with E-state index in [2.05, 4.69) is 0 Å². The van der Waals surface area contributed by atoms with Crippen LogP contribution in [0.25, 0.3) is 0 Å². The normalized spacial score (nSPS) is 10.4. The average molecular weight is 394 g/mol. The minimum absolute atomic E-state index is 0.0569. The van der Waals surface area contributed by atoms with Gasteiger partial charge in [0.2, 0.25) is 5.82 Å². The number of halogens is 1. The SMILES string of the molecule is CN(C(=O)OCc1ccccc1)c1ccc(F)c([N+](=O)[O-])c1Cc1ccccc1. The highest BCUT2D eigenvalue weighted by Gasteiger charge is 2.27. The van der Waals surface area contributed by atoms with E-state index < -0.39 is 22.5 Å². The molecular formula is C22H19FN2O4. The molecule has 0 atom stereocenters. The molecule has 0 unspecified atom stereocenters. The van der Waals surface area contributed by atoms with Crippen molar-refractivity contribution >= 4 is 17.5 Å². The van der Waals surface area contributed by atoms with E-state index in [0.717, 1.165) is 22.1 Å². The smallest absolute Gasteiger partial charge is 0.414 e. The highest BCUT2D eigenvalue weighted by molar-refractivity contribution is 5.89. The molecule has 29 heavy (non-hydrogen) atoms. The second-order valence-corrected chi connectivity index (χ2v) is 6.41. The molecule has 1 amide bonds. The molecule has 3 aromatic carbocycles. The molecular weight excluding hydrogens is 375 g/mol. The average Bonchev–Trinajstić information content (AvgIpc) is 2.73. The Bertz CT molecular complexity index is 1010. The summed E-state index contributed by atoms with van der Waals surface area (Å²) in [5.74, 6) is -0.948. The molecule has 0 saturated carbocycles. The van der Waals surface area contributed by atoms with Crippen molar-refractivity contribution in [3.63, 3.8) is 0 Å². The molecule has 0 aliphatic carbocycles. The van der Waals surface area contributed by atoms with E-state index in [1.807, 2.05) is 36.4 Å². The number of hydrogen-bond acceptors (Lipinski definition) is 4. The lowest BCUT2D eigenvalue weighted by atomic mass is 10.0. The van der Waals surface area contributed by atoms with Gasteiger partial charge in [-0.25, -0.2) is 4.79 Å². The number of rotatable bonds is 6. The molecule has 0 aromatic heterocycles. The molecule has 0 bridgehead atoms. The molecule has 0 spiro atoms. The van der Waals surface area contributed by atoms with Crippen molar-refractivity contribution in [3.05, 3.63) is 105 Å². The standard InChI is InChI=1S/C22H19FN2O4/c1-24(22(26)29-15-17-10-6-3-7-11-17)20-13-12-19(23)21(25(27)28)18(20)14-16-8-4-2-5-9-16/h2-13H,14-15H2,1H3. The van der Waals surface area contributed by atoms with Gasteiger partial charge in [-0.3, -0.25) is 15.0 Å². The molecule has 0 fully saturated rings. The van der Waals surface area contributed by atoms with Gasteiger partial charge in [0.1, 0.15) is 6.61 Å². The molecule has 0 saturated heterocycles. The van der Waals surface area contributed by atoms with Crippen LogP contribution in [0.3, 0.4) is 0 Å². The summed E-state index contributed by atoms with van der Waals surface area (Å²) in [6.45, 7) is 0.0569. The number of nitro groups is 1. The predicted molar refractivity (Wildman–Crippen MR) is 107 cm³/mol. The minimum Gasteiger partial charge on any atom is -0.444 e. The highest BCUT2D eigenvalue weighted by atomic mass is 19.1. The van der Waals surface area contributed by atoms with Gasteiger partial charge in [-0.05, 0) is 23.3 Å². The van der Waals surface area contributed by atoms with E-state index in [1.54, 1.807) is 24.3 Å². The highest BCUT2D eigenvalue weighted by Crippen LogP contribution is 2.34. The Morgan fingerprint density at radius 1 is 1.00 bits per heavy atom. The van der Waals surface area contributed by atoms with E-state index in [-0.39, 0.29) is 24.3 Å². The van der Waals surface area contributed by atoms with Crippen molar-refractivity contribution in [1.29, 1.82) is 0 Å². The fourth-order valence-electron chi connectivity index (χ4n) is 3.00. The third kappa shape index (κ3) is 4.76. The maximum absolute atomic E-state index is 14.2. The molecule has 0 N–H and O–H groups in total. The van der Waals surface area contributed by atoms with Gasteiger partial charge in [0, 0.05) is 13.5 Å². The number of nitrogens with zero attached hydrogens (tertiary/aromatic N) is 2. The number of hydrogen-bond donors (Lipinski definition) is 0. The summed E-state index contributed by atoms with van der Waals surface area (Å²) in [6.07, 6.45) is -0.593. The second kappa shape index (κ2) is 8.97. The number of carbonyl (C=O) groups is 1. The number of amides is 1. The molecule has 148 valence electrons. The first-order valence-corrected chi connectivity index (χ1v) is 8.91. The minimum atomic E-state index is -0.948. The van der Waals surface area contributed by atoms with Gasteiger partial charge >= 0.3 is 11.8 Å². The fourth-order valence-corrected chi connectivity index (χ4v) is 3.00. The lowest BCUT2D eigenvalue weighted by molar-refractivity contribution is -0.388. The van der Waals surface area contributed by atoms with Crippen LogP contribution in [0.5, 0.6) is 0 Å². The molecule has 0 aliphatic heterocycles. The molecule has 0 radical (unpaired) electrons. The number of carbonyl (C=O) groups excluding carboxylic acids is 1. The van der Waals surface area contributed by atoms with Crippen molar-refractivity contribution in [3.8, 4) is 0 Å². The lowest BCUT2D eigenvalue weighted by Crippen LogP contribution is -2.28. The van der Waals surface area contributed by atoms with Gasteiger partial charge in [-0.15, -0.1) is 0 Å². The van der Waals surface area contributed by atoms with E-state index in [9.17, 15) is 19.3 Å². The first kappa shape index (κ1) is 20.0. The Labute approximate surface area is 167 Å². The van der Waals surface area contributed by atoms with Gasteiger partial charge in [-0.2, -0.15) is 4.39 Å². The van der Waals surface area contributed by atoms with Crippen molar-refractivity contribution in [2.75, 3.05) is 11.9 Å². The first-order chi connectivity index (χ1) is 14.0. The van der Waals surface area contributed by atoms with E-state index in [1.165, 1.54) is 13.1 Å². The first-order valence-electron chi connectivity index (χ1n) is 8.91. The summed E-state index contributed by atoms with van der Waals surface area (Å²) >= 11 is 0. The predicted octanol–water partition coefficient (Wildman–Crippen LogP) is 5.10. The van der Waals surface area contributed by atoms with Crippen LogP contribution >= 0.6 is 0 Å². The summed E-state index contributed by atoms with van der Waals surface area (Å²) in [5, 5.41) is 11.5. The zero-order chi connectivity index (χ0) is 20.8. The van der Waals surface area contributed by atoms with Crippen LogP contribution < -0.4 is 4.90 Å². The van der Waals surface area contributed by atoms with Gasteiger partial charge in [-0.1, -0.05) is 60.7 Å². The summed E-state index contributed by atoms with van der Waals surface area (Å²) in [4.78, 5) is 24.4. The maximum Gasteiger partial charge on any atom is 0.414 e. The van der Waals surface area contributed by atoms with E-state index in [0.29, 0.717) is 0 Å². The van der Waals surface area contributed by atoms with Crippen LogP contribution in [0.4, 0.5) is 20.6 Å². The number of ether oxygens (including phenoxy) is 1. The molecule has 0 heterocycles. The third-order valence-electron chi connectivity index (χ3n) is 4.46. The summed E-state index contributed by atoms with van der Waals surface area (Å²) < 4.78 is 19.5. The van der Waals surface area contributed by atoms with Crippen LogP contribution in [0.15, 0.2) is 72.8 Å². The number of benzene rings is 3. The van der Waals surface area contributed by atoms with E-state index in [4.69, 9.17) is 4.74 Å². The molecule has 7 heteroatoms. The summed E-state index contributed by atoms with van der Waals surface area (Å²) in [6, 6.07) is 20.4. The van der Waals surface area contributed by atoms with Crippen LogP contribution in [0.2, 0.25) is 0 Å². The quantitative estimate of drug-likeness (QED) is 0.431. The molecule has 0 aliphatic rings. The number of nitro benzene ring substituents is 1. The number of anilines is 1. The Morgan fingerprint density at radius 3 is 2.17 bits per heavy atom. The zero-order valence-corrected chi connectivity index (χ0v) is 15.7. The van der Waals surface area contributed by atoms with Crippen molar-refractivity contribution in [2.45, 2.75) is 13.0 Å². The van der Waals surface area contributed by atoms with Crippen LogP contribution in [0.1, 0.15) is 16.7 Å². The molecule has 6 nitrogen and oxygen atoms in total. The monoisotopic (exact) mass is 394 g/mol. The van der Waals surface area contributed by atoms with E-state index >= 15 is 0 Å². The Morgan fingerprint density at radius 2 is 1.59 bits per heavy atom. The van der Waals surface area contributed by atoms with Gasteiger partial charge in [0.15, 0.2) is 0 Å².